The topological polar surface area (TPSA) is 66.8 Å². The highest BCUT2D eigenvalue weighted by Gasteiger charge is 2.15. The number of benzene rings is 1. The summed E-state index contributed by atoms with van der Waals surface area (Å²) in [6.07, 6.45) is 5.83. The summed E-state index contributed by atoms with van der Waals surface area (Å²) < 4.78 is 15.1. The molecule has 0 fully saturated rings. The molecule has 17 heavy (non-hydrogen) atoms. The van der Waals surface area contributed by atoms with Crippen LogP contribution in [-0.4, -0.2) is 9.79 Å². The third-order valence-corrected chi connectivity index (χ3v) is 2.92. The fourth-order valence-corrected chi connectivity index (χ4v) is 2.01. The summed E-state index contributed by atoms with van der Waals surface area (Å²) in [7, 11) is -4.43. The zero-order valence-corrected chi connectivity index (χ0v) is 10.9. The highest BCUT2D eigenvalue weighted by molar-refractivity contribution is 7.46. The van der Waals surface area contributed by atoms with Gasteiger partial charge in [0.15, 0.2) is 0 Å². The van der Waals surface area contributed by atoms with Gasteiger partial charge in [-0.05, 0) is 30.5 Å². The van der Waals surface area contributed by atoms with Gasteiger partial charge in [-0.1, -0.05) is 38.3 Å². The molecule has 4 nitrogen and oxygen atoms in total. The standard InChI is InChI=1S/C12H19O4P/c1-2-3-4-5-6-11-7-9-12(10-8-11)16-17(13,14)15/h7-10H,2-6H2,1H3,(H2,13,14,15). The second kappa shape index (κ2) is 6.80. The molecule has 0 amide bonds. The molecule has 0 saturated heterocycles. The Morgan fingerprint density at radius 3 is 2.29 bits per heavy atom. The van der Waals surface area contributed by atoms with Gasteiger partial charge in [0.25, 0.3) is 0 Å². The van der Waals surface area contributed by atoms with Gasteiger partial charge in [-0.25, -0.2) is 4.57 Å². The van der Waals surface area contributed by atoms with E-state index in [0.717, 1.165) is 12.8 Å². The predicted molar refractivity (Wildman–Crippen MR) is 67.0 cm³/mol. The molecule has 0 saturated carbocycles. The first kappa shape index (κ1) is 14.2. The Hall–Kier alpha value is -0.830. The lowest BCUT2D eigenvalue weighted by Crippen LogP contribution is -1.91. The van der Waals surface area contributed by atoms with Crippen LogP contribution in [0.3, 0.4) is 0 Å². The number of phosphoric acid groups is 1. The summed E-state index contributed by atoms with van der Waals surface area (Å²) in [5.41, 5.74) is 1.17. The first-order chi connectivity index (χ1) is 8.01. The van der Waals surface area contributed by atoms with Crippen molar-refractivity contribution in [1.29, 1.82) is 0 Å². The number of hydrogen-bond acceptors (Lipinski definition) is 2. The molecule has 96 valence electrons. The highest BCUT2D eigenvalue weighted by Crippen LogP contribution is 2.37. The van der Waals surface area contributed by atoms with E-state index in [2.05, 4.69) is 11.4 Å². The molecule has 2 N–H and O–H groups in total. The van der Waals surface area contributed by atoms with Crippen LogP contribution in [0.4, 0.5) is 0 Å². The maximum Gasteiger partial charge on any atom is 0.524 e. The number of aryl methyl sites for hydroxylation is 1. The zero-order valence-electron chi connectivity index (χ0n) is 10.0. The van der Waals surface area contributed by atoms with Gasteiger partial charge in [0, 0.05) is 0 Å². The number of phosphoric ester groups is 1. The Morgan fingerprint density at radius 1 is 1.12 bits per heavy atom. The van der Waals surface area contributed by atoms with E-state index in [1.165, 1.54) is 24.8 Å². The van der Waals surface area contributed by atoms with E-state index >= 15 is 0 Å². The van der Waals surface area contributed by atoms with Gasteiger partial charge in [-0.3, -0.25) is 9.79 Å². The second-order valence-electron chi connectivity index (χ2n) is 4.04. The average Bonchev–Trinajstić information content (AvgIpc) is 2.25. The van der Waals surface area contributed by atoms with Gasteiger partial charge >= 0.3 is 7.82 Å². The zero-order chi connectivity index (χ0) is 12.7. The van der Waals surface area contributed by atoms with Crippen molar-refractivity contribution in [3.63, 3.8) is 0 Å². The molecule has 0 atom stereocenters. The lowest BCUT2D eigenvalue weighted by molar-refractivity contribution is 0.283. The Morgan fingerprint density at radius 2 is 1.76 bits per heavy atom. The molecule has 0 radical (unpaired) electrons. The van der Waals surface area contributed by atoms with Crippen molar-refractivity contribution < 1.29 is 18.9 Å². The molecular weight excluding hydrogens is 239 g/mol. The molecule has 5 heteroatoms. The highest BCUT2D eigenvalue weighted by atomic mass is 31.2. The molecule has 0 aliphatic rings. The SMILES string of the molecule is CCCCCCc1ccc(OP(=O)(O)O)cc1. The summed E-state index contributed by atoms with van der Waals surface area (Å²) in [5, 5.41) is 0. The van der Waals surface area contributed by atoms with Crippen molar-refractivity contribution in [2.24, 2.45) is 0 Å². The number of hydrogen-bond donors (Lipinski definition) is 2. The molecule has 0 aliphatic carbocycles. The average molecular weight is 258 g/mol. The van der Waals surface area contributed by atoms with Crippen molar-refractivity contribution in [2.75, 3.05) is 0 Å². The Bertz CT molecular complexity index is 369. The summed E-state index contributed by atoms with van der Waals surface area (Å²) in [5.74, 6) is 0.204. The van der Waals surface area contributed by atoms with Crippen molar-refractivity contribution >= 4 is 7.82 Å². The van der Waals surface area contributed by atoms with Crippen LogP contribution in [0.25, 0.3) is 0 Å². The molecule has 0 bridgehead atoms. The third-order valence-electron chi connectivity index (χ3n) is 2.47. The summed E-state index contributed by atoms with van der Waals surface area (Å²) in [6.45, 7) is 2.17. The van der Waals surface area contributed by atoms with Gasteiger partial charge in [0.1, 0.15) is 5.75 Å². The summed E-state index contributed by atoms with van der Waals surface area (Å²) >= 11 is 0. The van der Waals surface area contributed by atoms with Crippen LogP contribution in [0.5, 0.6) is 5.75 Å². The lowest BCUT2D eigenvalue weighted by atomic mass is 10.1. The Kier molecular flexibility index (Phi) is 5.69. The van der Waals surface area contributed by atoms with Gasteiger partial charge in [-0.15, -0.1) is 0 Å². The summed E-state index contributed by atoms with van der Waals surface area (Å²) in [4.78, 5) is 17.3. The molecule has 0 spiro atoms. The van der Waals surface area contributed by atoms with Crippen LogP contribution < -0.4 is 4.52 Å². The van der Waals surface area contributed by atoms with Crippen LogP contribution >= 0.6 is 7.82 Å². The predicted octanol–water partition coefficient (Wildman–Crippen LogP) is 3.28. The fourth-order valence-electron chi connectivity index (χ4n) is 1.61. The van der Waals surface area contributed by atoms with E-state index in [1.807, 2.05) is 12.1 Å². The van der Waals surface area contributed by atoms with Gasteiger partial charge in [0.2, 0.25) is 0 Å². The maximum absolute atomic E-state index is 10.6. The first-order valence-corrected chi connectivity index (χ1v) is 7.38. The van der Waals surface area contributed by atoms with E-state index in [0.29, 0.717) is 0 Å². The minimum Gasteiger partial charge on any atom is -0.404 e. The van der Waals surface area contributed by atoms with E-state index in [-0.39, 0.29) is 5.75 Å². The molecule has 1 aromatic carbocycles. The van der Waals surface area contributed by atoms with Crippen LogP contribution in [0.2, 0.25) is 0 Å². The summed E-state index contributed by atoms with van der Waals surface area (Å²) in [6, 6.07) is 6.87. The Labute approximate surface area is 102 Å². The number of rotatable bonds is 7. The van der Waals surface area contributed by atoms with E-state index in [1.54, 1.807) is 12.1 Å². The minimum atomic E-state index is -4.43. The molecule has 0 aromatic heterocycles. The van der Waals surface area contributed by atoms with E-state index < -0.39 is 7.82 Å². The van der Waals surface area contributed by atoms with Crippen LogP contribution in [0.1, 0.15) is 38.2 Å². The fraction of sp³-hybridized carbons (Fsp3) is 0.500. The maximum atomic E-state index is 10.6. The molecule has 1 rings (SSSR count). The van der Waals surface area contributed by atoms with Crippen LogP contribution in [-0.2, 0) is 11.0 Å². The van der Waals surface area contributed by atoms with Crippen molar-refractivity contribution in [2.45, 2.75) is 39.0 Å². The second-order valence-corrected chi connectivity index (χ2v) is 5.20. The van der Waals surface area contributed by atoms with Crippen LogP contribution in [0, 0.1) is 0 Å². The van der Waals surface area contributed by atoms with Gasteiger partial charge in [-0.2, -0.15) is 0 Å². The monoisotopic (exact) mass is 258 g/mol. The molecular formula is C12H19O4P. The van der Waals surface area contributed by atoms with Crippen molar-refractivity contribution in [3.05, 3.63) is 29.8 Å². The van der Waals surface area contributed by atoms with E-state index in [9.17, 15) is 4.57 Å². The first-order valence-electron chi connectivity index (χ1n) is 5.85. The normalized spacial score (nSPS) is 11.5. The van der Waals surface area contributed by atoms with Crippen molar-refractivity contribution in [1.82, 2.24) is 0 Å². The molecule has 1 aromatic rings. The lowest BCUT2D eigenvalue weighted by Gasteiger charge is -2.07. The smallest absolute Gasteiger partial charge is 0.404 e. The van der Waals surface area contributed by atoms with Gasteiger partial charge < -0.3 is 4.52 Å². The van der Waals surface area contributed by atoms with Crippen LogP contribution in [0.15, 0.2) is 24.3 Å². The van der Waals surface area contributed by atoms with Gasteiger partial charge in [0.05, 0.1) is 0 Å². The third kappa shape index (κ3) is 6.47. The largest absolute Gasteiger partial charge is 0.524 e. The minimum absolute atomic E-state index is 0.204. The van der Waals surface area contributed by atoms with Crippen molar-refractivity contribution in [3.8, 4) is 5.75 Å². The molecule has 0 heterocycles. The molecule has 0 aliphatic heterocycles. The van der Waals surface area contributed by atoms with E-state index in [4.69, 9.17) is 9.79 Å². The molecule has 0 unspecified atom stereocenters. The Balaban J connectivity index is 2.42. The number of unbranched alkanes of at least 4 members (excludes halogenated alkanes) is 3. The quantitative estimate of drug-likeness (QED) is 0.581.